The Morgan fingerprint density at radius 1 is 1.43 bits per heavy atom. The van der Waals surface area contributed by atoms with E-state index in [1.165, 1.54) is 0 Å². The average Bonchev–Trinajstić information content (AvgIpc) is 2.13. The van der Waals surface area contributed by atoms with Gasteiger partial charge in [-0.05, 0) is 20.5 Å². The minimum atomic E-state index is -0.0813. The van der Waals surface area contributed by atoms with Gasteiger partial charge in [0.25, 0.3) is 0 Å². The highest BCUT2D eigenvalue weighted by atomic mass is 32.2. The summed E-state index contributed by atoms with van der Waals surface area (Å²) in [6, 6.07) is 0. The van der Waals surface area contributed by atoms with Crippen molar-refractivity contribution in [3.05, 3.63) is 0 Å². The van der Waals surface area contributed by atoms with Crippen LogP contribution >= 0.6 is 11.8 Å². The summed E-state index contributed by atoms with van der Waals surface area (Å²) < 4.78 is 5.02. The summed E-state index contributed by atoms with van der Waals surface area (Å²) in [5.74, 6) is 1.38. The van der Waals surface area contributed by atoms with Gasteiger partial charge < -0.3 is 9.64 Å². The Morgan fingerprint density at radius 2 is 2.14 bits per heavy atom. The number of ether oxygens (including phenoxy) is 1. The molecule has 0 saturated carbocycles. The fourth-order valence-corrected chi connectivity index (χ4v) is 1.66. The molecule has 0 aliphatic heterocycles. The van der Waals surface area contributed by atoms with Gasteiger partial charge in [-0.25, -0.2) is 0 Å². The van der Waals surface area contributed by atoms with Gasteiger partial charge in [0.1, 0.15) is 0 Å². The van der Waals surface area contributed by atoms with Crippen molar-refractivity contribution in [1.82, 2.24) is 4.90 Å². The topological polar surface area (TPSA) is 29.5 Å². The van der Waals surface area contributed by atoms with E-state index >= 15 is 0 Å². The van der Waals surface area contributed by atoms with Gasteiger partial charge in [0.15, 0.2) is 0 Å². The van der Waals surface area contributed by atoms with E-state index in [1.807, 2.05) is 14.1 Å². The molecular formula is C10H21NO2S. The maximum Gasteiger partial charge on any atom is 0.315 e. The quantitative estimate of drug-likeness (QED) is 0.458. The molecule has 0 fully saturated rings. The Kier molecular flexibility index (Phi) is 9.19. The fraction of sp³-hybridized carbons (Fsp3) is 0.900. The summed E-state index contributed by atoms with van der Waals surface area (Å²) in [5.41, 5.74) is 0. The average molecular weight is 219 g/mol. The van der Waals surface area contributed by atoms with E-state index in [0.29, 0.717) is 12.4 Å². The summed E-state index contributed by atoms with van der Waals surface area (Å²) in [7, 11) is 4.06. The molecule has 0 aliphatic rings. The number of carbonyl (C=O) groups is 1. The maximum atomic E-state index is 11.1. The van der Waals surface area contributed by atoms with Gasteiger partial charge in [-0.3, -0.25) is 4.79 Å². The molecule has 4 heteroatoms. The molecule has 0 bridgehead atoms. The highest BCUT2D eigenvalue weighted by Gasteiger charge is 2.02. The van der Waals surface area contributed by atoms with Gasteiger partial charge >= 0.3 is 5.97 Å². The lowest BCUT2D eigenvalue weighted by molar-refractivity contribution is -0.140. The zero-order valence-electron chi connectivity index (χ0n) is 9.41. The van der Waals surface area contributed by atoms with Crippen LogP contribution < -0.4 is 0 Å². The summed E-state index contributed by atoms with van der Waals surface area (Å²) in [6.45, 7) is 3.66. The molecule has 0 rings (SSSR count). The Morgan fingerprint density at radius 3 is 2.71 bits per heavy atom. The van der Waals surface area contributed by atoms with Crippen LogP contribution in [0.3, 0.4) is 0 Å². The van der Waals surface area contributed by atoms with Gasteiger partial charge in [0.05, 0.1) is 12.4 Å². The lowest BCUT2D eigenvalue weighted by atomic mass is 10.4. The molecule has 0 aromatic heterocycles. The highest BCUT2D eigenvalue weighted by molar-refractivity contribution is 7.99. The largest absolute Gasteiger partial charge is 0.465 e. The first kappa shape index (κ1) is 13.8. The number of thioether (sulfide) groups is 1. The number of rotatable bonds is 8. The Bertz CT molecular complexity index is 151. The molecule has 0 aromatic rings. The second kappa shape index (κ2) is 9.34. The van der Waals surface area contributed by atoms with Crippen molar-refractivity contribution in [2.75, 3.05) is 38.8 Å². The minimum Gasteiger partial charge on any atom is -0.465 e. The van der Waals surface area contributed by atoms with Gasteiger partial charge in [-0.1, -0.05) is 13.3 Å². The molecule has 0 atom stereocenters. The van der Waals surface area contributed by atoms with E-state index in [0.717, 1.165) is 25.1 Å². The van der Waals surface area contributed by atoms with Crippen LogP contribution in [0.4, 0.5) is 0 Å². The molecule has 14 heavy (non-hydrogen) atoms. The molecule has 0 N–H and O–H groups in total. The lowest BCUT2D eigenvalue weighted by Crippen LogP contribution is -2.16. The third-order valence-electron chi connectivity index (χ3n) is 1.66. The van der Waals surface area contributed by atoms with Gasteiger partial charge in [0.2, 0.25) is 0 Å². The van der Waals surface area contributed by atoms with Crippen LogP contribution in [-0.4, -0.2) is 49.6 Å². The molecule has 0 aliphatic carbocycles. The number of carbonyl (C=O) groups excluding carboxylic acids is 1. The molecule has 84 valence electrons. The Balaban J connectivity index is 3.18. The fourth-order valence-electron chi connectivity index (χ4n) is 0.775. The van der Waals surface area contributed by atoms with Crippen LogP contribution in [0.5, 0.6) is 0 Å². The van der Waals surface area contributed by atoms with Crippen molar-refractivity contribution in [3.63, 3.8) is 0 Å². The highest BCUT2D eigenvalue weighted by Crippen LogP contribution is 2.01. The van der Waals surface area contributed by atoms with Crippen LogP contribution in [0.2, 0.25) is 0 Å². The summed E-state index contributed by atoms with van der Waals surface area (Å²) in [6.07, 6.45) is 2.04. The second-order valence-corrected chi connectivity index (χ2v) is 4.54. The molecule has 0 spiro atoms. The molecular weight excluding hydrogens is 198 g/mol. The predicted molar refractivity (Wildman–Crippen MR) is 61.7 cm³/mol. The Labute approximate surface area is 91.2 Å². The molecule has 0 amide bonds. The number of unbranched alkanes of at least 4 members (excludes halogenated alkanes) is 1. The van der Waals surface area contributed by atoms with Gasteiger partial charge in [-0.2, -0.15) is 0 Å². The van der Waals surface area contributed by atoms with Crippen molar-refractivity contribution in [3.8, 4) is 0 Å². The third-order valence-corrected chi connectivity index (χ3v) is 2.57. The smallest absolute Gasteiger partial charge is 0.315 e. The normalized spacial score (nSPS) is 10.6. The number of esters is 1. The van der Waals surface area contributed by atoms with Crippen LogP contribution in [0.15, 0.2) is 0 Å². The van der Waals surface area contributed by atoms with Crippen molar-refractivity contribution in [1.29, 1.82) is 0 Å². The standard InChI is InChI=1S/C10H21NO2S/c1-4-5-7-13-10(12)9-14-8-6-11(2)3/h4-9H2,1-3H3. The first-order valence-electron chi connectivity index (χ1n) is 5.05. The predicted octanol–water partition coefficient (Wildman–Crippen LogP) is 1.62. The SMILES string of the molecule is CCCCOC(=O)CSCCN(C)C. The number of hydrogen-bond acceptors (Lipinski definition) is 4. The molecule has 3 nitrogen and oxygen atoms in total. The van der Waals surface area contributed by atoms with Crippen molar-refractivity contribution < 1.29 is 9.53 Å². The number of nitrogens with zero attached hydrogens (tertiary/aromatic N) is 1. The van der Waals surface area contributed by atoms with Crippen molar-refractivity contribution in [2.24, 2.45) is 0 Å². The summed E-state index contributed by atoms with van der Waals surface area (Å²) in [4.78, 5) is 13.2. The Hall–Kier alpha value is -0.220. The molecule has 0 heterocycles. The number of hydrogen-bond donors (Lipinski definition) is 0. The zero-order chi connectivity index (χ0) is 10.8. The monoisotopic (exact) mass is 219 g/mol. The third kappa shape index (κ3) is 9.86. The van der Waals surface area contributed by atoms with Crippen LogP contribution in [0, 0.1) is 0 Å². The van der Waals surface area contributed by atoms with Crippen LogP contribution in [0.1, 0.15) is 19.8 Å². The van der Waals surface area contributed by atoms with Crippen LogP contribution in [-0.2, 0) is 9.53 Å². The zero-order valence-corrected chi connectivity index (χ0v) is 10.2. The van der Waals surface area contributed by atoms with E-state index in [4.69, 9.17) is 4.74 Å². The van der Waals surface area contributed by atoms with Gasteiger partial charge in [0, 0.05) is 12.3 Å². The summed E-state index contributed by atoms with van der Waals surface area (Å²) in [5, 5.41) is 0. The first-order chi connectivity index (χ1) is 6.66. The molecule has 0 radical (unpaired) electrons. The van der Waals surface area contributed by atoms with E-state index in [9.17, 15) is 4.79 Å². The second-order valence-electron chi connectivity index (χ2n) is 3.43. The first-order valence-corrected chi connectivity index (χ1v) is 6.20. The molecule has 0 saturated heterocycles. The van der Waals surface area contributed by atoms with Crippen LogP contribution in [0.25, 0.3) is 0 Å². The van der Waals surface area contributed by atoms with E-state index in [1.54, 1.807) is 11.8 Å². The van der Waals surface area contributed by atoms with Crippen molar-refractivity contribution in [2.45, 2.75) is 19.8 Å². The minimum absolute atomic E-state index is 0.0813. The molecule has 0 aromatic carbocycles. The molecule has 0 unspecified atom stereocenters. The maximum absolute atomic E-state index is 11.1. The lowest BCUT2D eigenvalue weighted by Gasteiger charge is -2.08. The van der Waals surface area contributed by atoms with E-state index < -0.39 is 0 Å². The van der Waals surface area contributed by atoms with Gasteiger partial charge in [-0.15, -0.1) is 11.8 Å². The van der Waals surface area contributed by atoms with E-state index in [2.05, 4.69) is 11.8 Å². The summed E-state index contributed by atoms with van der Waals surface area (Å²) >= 11 is 1.63. The van der Waals surface area contributed by atoms with Crippen molar-refractivity contribution >= 4 is 17.7 Å². The van der Waals surface area contributed by atoms with E-state index in [-0.39, 0.29) is 5.97 Å².